The Morgan fingerprint density at radius 1 is 1.12 bits per heavy atom. The van der Waals surface area contributed by atoms with Gasteiger partial charge in [0.15, 0.2) is 0 Å². The van der Waals surface area contributed by atoms with Gasteiger partial charge in [-0.3, -0.25) is 19.7 Å². The summed E-state index contributed by atoms with van der Waals surface area (Å²) in [6, 6.07) is 12.0. The van der Waals surface area contributed by atoms with Gasteiger partial charge in [0.2, 0.25) is 0 Å². The lowest BCUT2D eigenvalue weighted by Gasteiger charge is -2.05. The van der Waals surface area contributed by atoms with Crippen LogP contribution in [0.5, 0.6) is 0 Å². The molecule has 0 saturated heterocycles. The summed E-state index contributed by atoms with van der Waals surface area (Å²) in [4.78, 5) is 33.8. The third-order valence-electron chi connectivity index (χ3n) is 3.11. The summed E-state index contributed by atoms with van der Waals surface area (Å²) in [6.45, 7) is 1.55. The number of nitrogens with zero attached hydrogens (tertiary/aromatic N) is 2. The Kier molecular flexibility index (Phi) is 5.80. The summed E-state index contributed by atoms with van der Waals surface area (Å²) < 4.78 is 0. The lowest BCUT2D eigenvalue weighted by Crippen LogP contribution is -2.32. The molecule has 0 aliphatic heterocycles. The minimum atomic E-state index is -0.972. The van der Waals surface area contributed by atoms with Crippen molar-refractivity contribution in [1.82, 2.24) is 5.43 Å². The predicted molar refractivity (Wildman–Crippen MR) is 93.5 cm³/mol. The first-order chi connectivity index (χ1) is 11.9. The lowest BCUT2D eigenvalue weighted by atomic mass is 10.1. The van der Waals surface area contributed by atoms with Crippen molar-refractivity contribution in [2.45, 2.75) is 6.92 Å². The predicted octanol–water partition coefficient (Wildman–Crippen LogP) is 2.73. The van der Waals surface area contributed by atoms with Crippen LogP contribution < -0.4 is 10.7 Å². The fraction of sp³-hybridized carbons (Fsp3) is 0.0625. The van der Waals surface area contributed by atoms with Gasteiger partial charge in [-0.05, 0) is 31.2 Å². The highest BCUT2D eigenvalue weighted by molar-refractivity contribution is 6.39. The van der Waals surface area contributed by atoms with E-state index in [1.54, 1.807) is 37.3 Å². The highest BCUT2D eigenvalue weighted by Crippen LogP contribution is 2.14. The molecule has 0 spiro atoms. The number of anilines is 1. The van der Waals surface area contributed by atoms with E-state index in [2.05, 4.69) is 15.8 Å². The van der Waals surface area contributed by atoms with Crippen LogP contribution in [0.1, 0.15) is 12.5 Å². The Morgan fingerprint density at radius 3 is 2.44 bits per heavy atom. The normalized spacial score (nSPS) is 10.9. The number of benzene rings is 2. The minimum Gasteiger partial charge on any atom is -0.318 e. The third kappa shape index (κ3) is 5.11. The van der Waals surface area contributed by atoms with Gasteiger partial charge in [-0.25, -0.2) is 5.43 Å². The number of nitrogens with one attached hydrogen (secondary N) is 2. The minimum absolute atomic E-state index is 0.0983. The highest BCUT2D eigenvalue weighted by Gasteiger charge is 2.14. The summed E-state index contributed by atoms with van der Waals surface area (Å²) in [7, 11) is 0. The zero-order chi connectivity index (χ0) is 18.4. The molecular weight excluding hydrogens is 348 g/mol. The number of non-ortho nitro benzene ring substituents is 1. The van der Waals surface area contributed by atoms with Crippen molar-refractivity contribution in [1.29, 1.82) is 0 Å². The number of carbonyl (C=O) groups is 2. The van der Waals surface area contributed by atoms with Gasteiger partial charge in [0.05, 0.1) is 10.6 Å². The van der Waals surface area contributed by atoms with Gasteiger partial charge in [-0.2, -0.15) is 5.10 Å². The van der Waals surface area contributed by atoms with Crippen molar-refractivity contribution < 1.29 is 14.5 Å². The maximum Gasteiger partial charge on any atom is 0.329 e. The summed E-state index contributed by atoms with van der Waals surface area (Å²) in [5.41, 5.74) is 3.18. The molecule has 0 aliphatic carbocycles. The molecule has 0 bridgehead atoms. The molecule has 2 aromatic rings. The van der Waals surface area contributed by atoms with Crippen LogP contribution in [0.4, 0.5) is 11.4 Å². The van der Waals surface area contributed by atoms with E-state index in [1.807, 2.05) is 0 Å². The molecule has 0 radical (unpaired) electrons. The Morgan fingerprint density at radius 2 is 1.80 bits per heavy atom. The molecular formula is C16H13ClN4O4. The molecule has 0 aliphatic rings. The molecule has 0 saturated carbocycles. The first-order valence-electron chi connectivity index (χ1n) is 7.03. The quantitative estimate of drug-likeness (QED) is 0.377. The topological polar surface area (TPSA) is 114 Å². The average Bonchev–Trinajstić information content (AvgIpc) is 2.61. The summed E-state index contributed by atoms with van der Waals surface area (Å²) in [5.74, 6) is -1.88. The SMILES string of the molecule is C/C(=N\NC(=O)C(=O)Nc1ccc(Cl)cc1)c1cccc([N+](=O)[O-])c1. The van der Waals surface area contributed by atoms with Crippen LogP contribution in [0.15, 0.2) is 53.6 Å². The number of hydrogen-bond donors (Lipinski definition) is 2. The molecule has 0 fully saturated rings. The fourth-order valence-electron chi connectivity index (χ4n) is 1.82. The monoisotopic (exact) mass is 360 g/mol. The van der Waals surface area contributed by atoms with Crippen LogP contribution in [-0.2, 0) is 9.59 Å². The van der Waals surface area contributed by atoms with Crippen LogP contribution in [-0.4, -0.2) is 22.4 Å². The maximum absolute atomic E-state index is 11.8. The summed E-state index contributed by atoms with van der Waals surface area (Å²) in [5, 5.41) is 17.4. The number of carbonyl (C=O) groups excluding carboxylic acids is 2. The van der Waals surface area contributed by atoms with E-state index in [-0.39, 0.29) is 5.69 Å². The molecule has 8 nitrogen and oxygen atoms in total. The van der Waals surface area contributed by atoms with E-state index in [4.69, 9.17) is 11.6 Å². The molecule has 2 aromatic carbocycles. The number of hydrogen-bond acceptors (Lipinski definition) is 5. The molecule has 2 amide bonds. The first-order valence-corrected chi connectivity index (χ1v) is 7.40. The molecule has 9 heteroatoms. The Hall–Kier alpha value is -3.26. The molecule has 0 unspecified atom stereocenters. The van der Waals surface area contributed by atoms with Gasteiger partial charge in [0.1, 0.15) is 0 Å². The van der Waals surface area contributed by atoms with Crippen molar-refractivity contribution in [3.8, 4) is 0 Å². The standard InChI is InChI=1S/C16H13ClN4O4/c1-10(11-3-2-4-14(9-11)21(24)25)19-20-16(23)15(22)18-13-7-5-12(17)6-8-13/h2-9H,1H3,(H,18,22)(H,20,23)/b19-10+. The van der Waals surface area contributed by atoms with Crippen LogP contribution in [0.2, 0.25) is 5.02 Å². The van der Waals surface area contributed by atoms with Crippen molar-refractivity contribution in [2.75, 3.05) is 5.32 Å². The average molecular weight is 361 g/mol. The van der Waals surface area contributed by atoms with Gasteiger partial charge >= 0.3 is 11.8 Å². The van der Waals surface area contributed by atoms with E-state index < -0.39 is 16.7 Å². The smallest absolute Gasteiger partial charge is 0.318 e. The van der Waals surface area contributed by atoms with E-state index in [1.165, 1.54) is 18.2 Å². The Labute approximate surface area is 147 Å². The van der Waals surface area contributed by atoms with E-state index >= 15 is 0 Å². The van der Waals surface area contributed by atoms with Crippen LogP contribution >= 0.6 is 11.6 Å². The zero-order valence-electron chi connectivity index (χ0n) is 13.0. The van der Waals surface area contributed by atoms with Crippen molar-refractivity contribution in [2.24, 2.45) is 5.10 Å². The highest BCUT2D eigenvalue weighted by atomic mass is 35.5. The second-order valence-electron chi connectivity index (χ2n) is 4.91. The van der Waals surface area contributed by atoms with E-state index in [0.717, 1.165) is 0 Å². The first kappa shape index (κ1) is 18.1. The van der Waals surface area contributed by atoms with Crippen LogP contribution in [0.25, 0.3) is 0 Å². The number of halogens is 1. The summed E-state index contributed by atoms with van der Waals surface area (Å²) in [6.07, 6.45) is 0. The molecule has 2 N–H and O–H groups in total. The maximum atomic E-state index is 11.8. The zero-order valence-corrected chi connectivity index (χ0v) is 13.8. The molecule has 0 heterocycles. The third-order valence-corrected chi connectivity index (χ3v) is 3.36. The second kappa shape index (κ2) is 8.02. The molecule has 128 valence electrons. The number of nitro groups is 1. The number of nitro benzene ring substituents is 1. The van der Waals surface area contributed by atoms with E-state index in [0.29, 0.717) is 22.0 Å². The van der Waals surface area contributed by atoms with Gasteiger partial charge < -0.3 is 5.32 Å². The van der Waals surface area contributed by atoms with Crippen molar-refractivity contribution in [3.63, 3.8) is 0 Å². The largest absolute Gasteiger partial charge is 0.329 e. The Bertz CT molecular complexity index is 849. The van der Waals surface area contributed by atoms with Crippen molar-refractivity contribution in [3.05, 3.63) is 69.2 Å². The number of rotatable bonds is 4. The molecule has 2 rings (SSSR count). The number of amides is 2. The van der Waals surface area contributed by atoms with Crippen LogP contribution in [0, 0.1) is 10.1 Å². The van der Waals surface area contributed by atoms with Crippen LogP contribution in [0.3, 0.4) is 0 Å². The molecule has 0 atom stereocenters. The van der Waals surface area contributed by atoms with Gasteiger partial charge in [0, 0.05) is 28.4 Å². The summed E-state index contributed by atoms with van der Waals surface area (Å²) >= 11 is 5.73. The van der Waals surface area contributed by atoms with Gasteiger partial charge in [-0.15, -0.1) is 0 Å². The number of hydrazone groups is 1. The second-order valence-corrected chi connectivity index (χ2v) is 5.34. The van der Waals surface area contributed by atoms with Gasteiger partial charge in [0.25, 0.3) is 5.69 Å². The fourth-order valence-corrected chi connectivity index (χ4v) is 1.94. The Balaban J connectivity index is 2.00. The van der Waals surface area contributed by atoms with Gasteiger partial charge in [-0.1, -0.05) is 23.7 Å². The van der Waals surface area contributed by atoms with E-state index in [9.17, 15) is 19.7 Å². The molecule has 25 heavy (non-hydrogen) atoms. The molecule has 0 aromatic heterocycles. The van der Waals surface area contributed by atoms with Crippen molar-refractivity contribution >= 4 is 40.5 Å². The lowest BCUT2D eigenvalue weighted by molar-refractivity contribution is -0.384.